The van der Waals surface area contributed by atoms with Gasteiger partial charge in [-0.15, -0.1) is 0 Å². The van der Waals surface area contributed by atoms with E-state index < -0.39 is 17.9 Å². The number of nitrogens with zero attached hydrogens (tertiary/aromatic N) is 3. The van der Waals surface area contributed by atoms with Gasteiger partial charge in [-0.25, -0.2) is 19.2 Å². The molecule has 2 aliphatic rings. The molecule has 168 valence electrons. The zero-order chi connectivity index (χ0) is 22.2. The van der Waals surface area contributed by atoms with Crippen molar-refractivity contribution in [1.82, 2.24) is 25.4 Å². The second-order valence-electron chi connectivity index (χ2n) is 7.54. The standard InChI is InChI=1S/C20H21F2N7O3/c1-23-17-8-16(25-14-6-11(22)7-15-18(14)32-3-2-31-15)26-19-13(9-24-29(17)19)20(30)28-27-12-4-10(21)5-12/h6-10,12,23,27H,2-5H2,1H3,(H,25,26)(H,28,30)/t10-,12-. The van der Waals surface area contributed by atoms with Crippen molar-refractivity contribution in [1.29, 1.82) is 0 Å². The average molecular weight is 445 g/mol. The molecular weight excluding hydrogens is 424 g/mol. The number of fused-ring (bicyclic) bond motifs is 2. The minimum Gasteiger partial charge on any atom is -0.486 e. The summed E-state index contributed by atoms with van der Waals surface area (Å²) >= 11 is 0. The molecular formula is C20H21F2N7O3. The van der Waals surface area contributed by atoms with Gasteiger partial charge in [0.2, 0.25) is 0 Å². The number of ether oxygens (including phenoxy) is 2. The molecule has 0 unspecified atom stereocenters. The van der Waals surface area contributed by atoms with E-state index in [1.165, 1.54) is 22.8 Å². The average Bonchev–Trinajstić information content (AvgIpc) is 3.19. The van der Waals surface area contributed by atoms with Crippen molar-refractivity contribution in [2.24, 2.45) is 0 Å². The number of hydrogen-bond donors (Lipinski definition) is 4. The Labute approximate surface area is 181 Å². The van der Waals surface area contributed by atoms with E-state index >= 15 is 0 Å². The highest BCUT2D eigenvalue weighted by Crippen LogP contribution is 2.40. The van der Waals surface area contributed by atoms with E-state index in [0.717, 1.165) is 0 Å². The van der Waals surface area contributed by atoms with Crippen LogP contribution in [0.5, 0.6) is 11.5 Å². The summed E-state index contributed by atoms with van der Waals surface area (Å²) in [5.74, 6) is 0.628. The van der Waals surface area contributed by atoms with Gasteiger partial charge in [0.1, 0.15) is 42.4 Å². The molecule has 1 saturated carbocycles. The molecule has 3 aromatic rings. The smallest absolute Gasteiger partial charge is 0.270 e. The van der Waals surface area contributed by atoms with Crippen LogP contribution in [-0.4, -0.2) is 53.0 Å². The number of alkyl halides is 1. The first-order valence-electron chi connectivity index (χ1n) is 10.1. The minimum absolute atomic E-state index is 0.102. The van der Waals surface area contributed by atoms with Crippen LogP contribution < -0.4 is 31.0 Å². The van der Waals surface area contributed by atoms with E-state index in [9.17, 15) is 13.6 Å². The topological polar surface area (TPSA) is 114 Å². The Morgan fingerprint density at radius 3 is 2.81 bits per heavy atom. The zero-order valence-corrected chi connectivity index (χ0v) is 17.1. The van der Waals surface area contributed by atoms with Crippen LogP contribution in [0.2, 0.25) is 0 Å². The lowest BCUT2D eigenvalue weighted by Crippen LogP contribution is -2.51. The van der Waals surface area contributed by atoms with Gasteiger partial charge in [-0.1, -0.05) is 0 Å². The van der Waals surface area contributed by atoms with Crippen LogP contribution >= 0.6 is 0 Å². The highest BCUT2D eigenvalue weighted by atomic mass is 19.1. The molecule has 1 amide bonds. The van der Waals surface area contributed by atoms with E-state index in [-0.39, 0.29) is 17.3 Å². The Bertz CT molecular complexity index is 1180. The maximum atomic E-state index is 14.1. The van der Waals surface area contributed by atoms with Gasteiger partial charge in [-0.3, -0.25) is 10.2 Å². The second-order valence-corrected chi connectivity index (χ2v) is 7.54. The fourth-order valence-corrected chi connectivity index (χ4v) is 3.62. The molecule has 0 saturated heterocycles. The highest BCUT2D eigenvalue weighted by Gasteiger charge is 2.29. The summed E-state index contributed by atoms with van der Waals surface area (Å²) in [6.07, 6.45) is 1.27. The van der Waals surface area contributed by atoms with Gasteiger partial charge in [0.05, 0.1) is 11.9 Å². The molecule has 0 atom stereocenters. The highest BCUT2D eigenvalue weighted by molar-refractivity contribution is 5.99. The van der Waals surface area contributed by atoms with Crippen molar-refractivity contribution in [3.05, 3.63) is 35.8 Å². The van der Waals surface area contributed by atoms with Gasteiger partial charge in [-0.05, 0) is 12.8 Å². The van der Waals surface area contributed by atoms with Crippen LogP contribution in [0, 0.1) is 5.82 Å². The summed E-state index contributed by atoms with van der Waals surface area (Å²) in [6.45, 7) is 0.671. The molecule has 3 heterocycles. The lowest BCUT2D eigenvalue weighted by atomic mass is 9.91. The van der Waals surface area contributed by atoms with Crippen LogP contribution in [0.3, 0.4) is 0 Å². The third-order valence-electron chi connectivity index (χ3n) is 5.31. The number of hydrazine groups is 1. The Balaban J connectivity index is 1.45. The fourth-order valence-electron chi connectivity index (χ4n) is 3.62. The molecule has 1 fully saturated rings. The Hall–Kier alpha value is -3.67. The first kappa shape index (κ1) is 20.2. The lowest BCUT2D eigenvalue weighted by Gasteiger charge is -2.30. The normalized spacial score (nSPS) is 19.3. The molecule has 1 aliphatic heterocycles. The van der Waals surface area contributed by atoms with Crippen LogP contribution in [0.4, 0.5) is 26.1 Å². The van der Waals surface area contributed by atoms with Gasteiger partial charge >= 0.3 is 0 Å². The molecule has 12 heteroatoms. The first-order valence-corrected chi connectivity index (χ1v) is 10.1. The Kier molecular flexibility index (Phi) is 5.13. The third-order valence-corrected chi connectivity index (χ3v) is 5.31. The van der Waals surface area contributed by atoms with Crippen LogP contribution in [0.15, 0.2) is 24.4 Å². The third kappa shape index (κ3) is 3.73. The van der Waals surface area contributed by atoms with Gasteiger partial charge in [0.25, 0.3) is 5.91 Å². The van der Waals surface area contributed by atoms with E-state index in [0.29, 0.717) is 54.9 Å². The van der Waals surface area contributed by atoms with Crippen molar-refractivity contribution >= 4 is 28.9 Å². The summed E-state index contributed by atoms with van der Waals surface area (Å²) in [6, 6.07) is 4.10. The summed E-state index contributed by atoms with van der Waals surface area (Å²) < 4.78 is 39.6. The number of anilines is 3. The van der Waals surface area contributed by atoms with Gasteiger partial charge in [-0.2, -0.15) is 9.61 Å². The molecule has 5 rings (SSSR count). The van der Waals surface area contributed by atoms with Crippen molar-refractivity contribution < 1.29 is 23.0 Å². The first-order chi connectivity index (χ1) is 15.5. The Morgan fingerprint density at radius 2 is 2.03 bits per heavy atom. The second kappa shape index (κ2) is 8.11. The minimum atomic E-state index is -0.835. The molecule has 0 radical (unpaired) electrons. The van der Waals surface area contributed by atoms with Crippen molar-refractivity contribution in [2.75, 3.05) is 30.9 Å². The zero-order valence-electron chi connectivity index (χ0n) is 17.1. The maximum absolute atomic E-state index is 14.1. The van der Waals surface area contributed by atoms with Crippen molar-refractivity contribution in [3.8, 4) is 11.5 Å². The number of carbonyl (C=O) groups excluding carboxylic acids is 1. The largest absolute Gasteiger partial charge is 0.486 e. The SMILES string of the molecule is CNc1cc(Nc2cc(F)cc3c2OCCO3)nc2c(C(=O)NN[C@H]3C[C@H](F)C3)cnn12. The molecule has 0 spiro atoms. The van der Waals surface area contributed by atoms with E-state index in [1.54, 1.807) is 13.1 Å². The molecule has 0 bridgehead atoms. The predicted molar refractivity (Wildman–Crippen MR) is 112 cm³/mol. The molecule has 2 aromatic heterocycles. The van der Waals surface area contributed by atoms with E-state index in [2.05, 4.69) is 31.6 Å². The number of amides is 1. The number of nitrogens with one attached hydrogen (secondary N) is 4. The summed E-state index contributed by atoms with van der Waals surface area (Å²) in [5, 5.41) is 10.3. The predicted octanol–water partition coefficient (Wildman–Crippen LogP) is 2.16. The summed E-state index contributed by atoms with van der Waals surface area (Å²) in [5.41, 5.74) is 6.23. The van der Waals surface area contributed by atoms with E-state index in [1.807, 2.05) is 0 Å². The Morgan fingerprint density at radius 1 is 1.22 bits per heavy atom. The number of halogens is 2. The molecule has 4 N–H and O–H groups in total. The van der Waals surface area contributed by atoms with E-state index in [4.69, 9.17) is 9.47 Å². The monoisotopic (exact) mass is 445 g/mol. The molecule has 32 heavy (non-hydrogen) atoms. The van der Waals surface area contributed by atoms with Crippen LogP contribution in [0.1, 0.15) is 23.2 Å². The number of aromatic nitrogens is 3. The fraction of sp³-hybridized carbons (Fsp3) is 0.350. The quantitative estimate of drug-likeness (QED) is 0.427. The molecule has 1 aromatic carbocycles. The van der Waals surface area contributed by atoms with Gasteiger partial charge in [0.15, 0.2) is 17.1 Å². The summed E-state index contributed by atoms with van der Waals surface area (Å²) in [7, 11) is 1.70. The van der Waals surface area contributed by atoms with Crippen molar-refractivity contribution in [3.63, 3.8) is 0 Å². The van der Waals surface area contributed by atoms with Gasteiger partial charge in [0, 0.05) is 31.3 Å². The molecule has 1 aliphatic carbocycles. The van der Waals surface area contributed by atoms with Crippen LogP contribution in [-0.2, 0) is 0 Å². The molecule has 10 nitrogen and oxygen atoms in total. The number of rotatable bonds is 6. The number of carbonyl (C=O) groups is 1. The van der Waals surface area contributed by atoms with Crippen molar-refractivity contribution in [2.45, 2.75) is 25.1 Å². The summed E-state index contributed by atoms with van der Waals surface area (Å²) in [4.78, 5) is 17.2. The van der Waals surface area contributed by atoms with Crippen LogP contribution in [0.25, 0.3) is 5.65 Å². The lowest BCUT2D eigenvalue weighted by molar-refractivity contribution is 0.0875. The van der Waals surface area contributed by atoms with Gasteiger partial charge < -0.3 is 20.1 Å². The maximum Gasteiger partial charge on any atom is 0.270 e. The number of benzene rings is 1. The number of hydrogen-bond acceptors (Lipinski definition) is 8.